The minimum absolute atomic E-state index is 0.305. The van der Waals surface area contributed by atoms with Crippen LogP contribution in [-0.4, -0.2) is 22.8 Å². The van der Waals surface area contributed by atoms with Gasteiger partial charge < -0.3 is 10.6 Å². The lowest BCUT2D eigenvalue weighted by Crippen LogP contribution is -2.41. The van der Waals surface area contributed by atoms with Gasteiger partial charge in [0.25, 0.3) is 5.91 Å². The molecule has 0 radical (unpaired) electrons. The number of nitrogens with one attached hydrogen (secondary N) is 2. The highest BCUT2D eigenvalue weighted by Gasteiger charge is 2.18. The van der Waals surface area contributed by atoms with Crippen LogP contribution in [0.15, 0.2) is 42.5 Å². The molecule has 25 heavy (non-hydrogen) atoms. The van der Waals surface area contributed by atoms with E-state index in [-0.39, 0.29) is 11.8 Å². The molecule has 0 aliphatic rings. The van der Waals surface area contributed by atoms with E-state index in [9.17, 15) is 9.59 Å². The van der Waals surface area contributed by atoms with Crippen molar-refractivity contribution in [3.05, 3.63) is 58.1 Å². The number of fused-ring (bicyclic) bond motifs is 1. The van der Waals surface area contributed by atoms with E-state index >= 15 is 0 Å². The van der Waals surface area contributed by atoms with Crippen LogP contribution in [0, 0.1) is 6.92 Å². The van der Waals surface area contributed by atoms with Gasteiger partial charge in [0.05, 0.1) is 25.8 Å². The van der Waals surface area contributed by atoms with Crippen LogP contribution in [-0.2, 0) is 4.79 Å². The average Bonchev–Trinajstić information content (AvgIpc) is 2.94. The van der Waals surface area contributed by atoms with Gasteiger partial charge in [-0.15, -0.1) is 11.3 Å². The van der Waals surface area contributed by atoms with Crippen LogP contribution in [0.2, 0.25) is 5.02 Å². The van der Waals surface area contributed by atoms with Gasteiger partial charge in [0.15, 0.2) is 0 Å². The highest BCUT2D eigenvalue weighted by atomic mass is 35.5. The number of benzene rings is 2. The quantitative estimate of drug-likeness (QED) is 0.725. The first-order valence-corrected chi connectivity index (χ1v) is 8.87. The third-order valence-electron chi connectivity index (χ3n) is 3.62. The number of amides is 2. The van der Waals surface area contributed by atoms with E-state index in [2.05, 4.69) is 15.6 Å². The fourth-order valence-electron chi connectivity index (χ4n) is 2.35. The Kier molecular flexibility index (Phi) is 5.01. The van der Waals surface area contributed by atoms with E-state index in [1.165, 1.54) is 0 Å². The molecule has 3 aromatic rings. The Morgan fingerprint density at radius 2 is 1.96 bits per heavy atom. The van der Waals surface area contributed by atoms with Crippen LogP contribution in [0.5, 0.6) is 0 Å². The Labute approximate surface area is 154 Å². The summed E-state index contributed by atoms with van der Waals surface area (Å²) in [6.07, 6.45) is 0. The first-order valence-electron chi connectivity index (χ1n) is 7.67. The maximum Gasteiger partial charge on any atom is 0.253 e. The first kappa shape index (κ1) is 17.4. The molecule has 7 heteroatoms. The van der Waals surface area contributed by atoms with Crippen LogP contribution in [0.3, 0.4) is 0 Å². The normalized spacial score (nSPS) is 12.0. The number of hydrogen-bond donors (Lipinski definition) is 2. The lowest BCUT2D eigenvalue weighted by atomic mass is 10.2. The molecule has 5 nitrogen and oxygen atoms in total. The molecule has 3 rings (SSSR count). The zero-order valence-electron chi connectivity index (χ0n) is 13.7. The molecule has 0 aliphatic carbocycles. The molecule has 0 bridgehead atoms. The molecular formula is C18H16ClN3O2S. The van der Waals surface area contributed by atoms with Crippen LogP contribution in [0.4, 0.5) is 5.69 Å². The molecule has 2 aromatic carbocycles. The van der Waals surface area contributed by atoms with Crippen LogP contribution >= 0.6 is 22.9 Å². The molecule has 2 amide bonds. The van der Waals surface area contributed by atoms with Crippen molar-refractivity contribution in [2.24, 2.45) is 0 Å². The summed E-state index contributed by atoms with van der Waals surface area (Å²) < 4.78 is 1.00. The highest BCUT2D eigenvalue weighted by Crippen LogP contribution is 2.24. The number of rotatable bonds is 4. The molecule has 0 spiro atoms. The third-order valence-corrected chi connectivity index (χ3v) is 4.89. The average molecular weight is 374 g/mol. The number of nitrogens with zero attached hydrogens (tertiary/aromatic N) is 1. The fraction of sp³-hybridized carbons (Fsp3) is 0.167. The number of halogens is 1. The van der Waals surface area contributed by atoms with Gasteiger partial charge in [0.1, 0.15) is 6.04 Å². The molecule has 1 aromatic heterocycles. The number of aryl methyl sites for hydroxylation is 1. The summed E-state index contributed by atoms with van der Waals surface area (Å²) >= 11 is 7.57. The van der Waals surface area contributed by atoms with Gasteiger partial charge in [0, 0.05) is 5.69 Å². The Morgan fingerprint density at radius 3 is 2.72 bits per heavy atom. The Morgan fingerprint density at radius 1 is 1.20 bits per heavy atom. The molecule has 1 heterocycles. The van der Waals surface area contributed by atoms with Crippen molar-refractivity contribution >= 4 is 50.7 Å². The van der Waals surface area contributed by atoms with Gasteiger partial charge in [-0.25, -0.2) is 4.98 Å². The van der Waals surface area contributed by atoms with Crippen molar-refractivity contribution in [3.8, 4) is 0 Å². The molecule has 0 unspecified atom stereocenters. The topological polar surface area (TPSA) is 71.1 Å². The maximum absolute atomic E-state index is 12.3. The van der Waals surface area contributed by atoms with E-state index < -0.39 is 6.04 Å². The Hall–Kier alpha value is -2.44. The second kappa shape index (κ2) is 7.21. The number of thiazole rings is 1. The van der Waals surface area contributed by atoms with Crippen molar-refractivity contribution < 1.29 is 9.59 Å². The largest absolute Gasteiger partial charge is 0.340 e. The molecular weight excluding hydrogens is 358 g/mol. The summed E-state index contributed by atoms with van der Waals surface area (Å²) in [6, 6.07) is 11.5. The summed E-state index contributed by atoms with van der Waals surface area (Å²) in [7, 11) is 0. The summed E-state index contributed by atoms with van der Waals surface area (Å²) in [5.74, 6) is -0.692. The lowest BCUT2D eigenvalue weighted by molar-refractivity contribution is -0.117. The molecule has 128 valence electrons. The molecule has 0 saturated heterocycles. The van der Waals surface area contributed by atoms with Gasteiger partial charge in [0.2, 0.25) is 5.91 Å². The smallest absolute Gasteiger partial charge is 0.253 e. The predicted octanol–water partition coefficient (Wildman–Crippen LogP) is 4.02. The van der Waals surface area contributed by atoms with E-state index in [1.807, 2.05) is 19.1 Å². The SMILES string of the molecule is Cc1nc2ccc(NC(=O)[C@@H](C)NC(=O)c3ccccc3Cl)cc2s1. The number of carbonyl (C=O) groups excluding carboxylic acids is 2. The number of aromatic nitrogens is 1. The van der Waals surface area contributed by atoms with Crippen LogP contribution in [0.25, 0.3) is 10.2 Å². The second-order valence-electron chi connectivity index (χ2n) is 5.58. The van der Waals surface area contributed by atoms with E-state index in [1.54, 1.807) is 48.6 Å². The van der Waals surface area contributed by atoms with Crippen LogP contribution in [0.1, 0.15) is 22.3 Å². The molecule has 0 aliphatic heterocycles. The van der Waals surface area contributed by atoms with Gasteiger partial charge in [-0.05, 0) is 44.2 Å². The minimum atomic E-state index is -0.706. The van der Waals surface area contributed by atoms with Crippen molar-refractivity contribution in [1.82, 2.24) is 10.3 Å². The van der Waals surface area contributed by atoms with Crippen molar-refractivity contribution in [1.29, 1.82) is 0 Å². The van der Waals surface area contributed by atoms with Crippen LogP contribution < -0.4 is 10.6 Å². The Bertz CT molecular complexity index is 954. The molecule has 0 fully saturated rings. The lowest BCUT2D eigenvalue weighted by Gasteiger charge is -2.14. The molecule has 0 saturated carbocycles. The van der Waals surface area contributed by atoms with E-state index in [0.717, 1.165) is 15.2 Å². The monoisotopic (exact) mass is 373 g/mol. The summed E-state index contributed by atoms with van der Waals surface area (Å²) in [5, 5.41) is 6.78. The first-order chi connectivity index (χ1) is 11.9. The highest BCUT2D eigenvalue weighted by molar-refractivity contribution is 7.18. The fourth-order valence-corrected chi connectivity index (χ4v) is 3.44. The van der Waals surface area contributed by atoms with Gasteiger partial charge in [-0.1, -0.05) is 23.7 Å². The minimum Gasteiger partial charge on any atom is -0.340 e. The number of carbonyl (C=O) groups is 2. The number of anilines is 1. The van der Waals surface area contributed by atoms with Gasteiger partial charge >= 0.3 is 0 Å². The number of hydrogen-bond acceptors (Lipinski definition) is 4. The maximum atomic E-state index is 12.3. The summed E-state index contributed by atoms with van der Waals surface area (Å²) in [5.41, 5.74) is 1.91. The van der Waals surface area contributed by atoms with Gasteiger partial charge in [-0.3, -0.25) is 9.59 Å². The van der Waals surface area contributed by atoms with Crippen molar-refractivity contribution in [2.45, 2.75) is 19.9 Å². The van der Waals surface area contributed by atoms with E-state index in [0.29, 0.717) is 16.3 Å². The molecule has 1 atom stereocenters. The van der Waals surface area contributed by atoms with Crippen molar-refractivity contribution in [3.63, 3.8) is 0 Å². The summed E-state index contributed by atoms with van der Waals surface area (Å²) in [4.78, 5) is 28.9. The Balaban J connectivity index is 1.67. The predicted molar refractivity (Wildman–Crippen MR) is 101 cm³/mol. The van der Waals surface area contributed by atoms with Gasteiger partial charge in [-0.2, -0.15) is 0 Å². The zero-order chi connectivity index (χ0) is 18.0. The summed E-state index contributed by atoms with van der Waals surface area (Å²) in [6.45, 7) is 3.56. The van der Waals surface area contributed by atoms with E-state index in [4.69, 9.17) is 11.6 Å². The second-order valence-corrected chi connectivity index (χ2v) is 7.22. The zero-order valence-corrected chi connectivity index (χ0v) is 15.2. The molecule has 2 N–H and O–H groups in total. The standard InChI is InChI=1S/C18H16ClN3O2S/c1-10(20-18(24)13-5-3-4-6-14(13)19)17(23)22-12-7-8-15-16(9-12)25-11(2)21-15/h3-10H,1-2H3,(H,20,24)(H,22,23)/t10-/m1/s1. The van der Waals surface area contributed by atoms with Crippen molar-refractivity contribution in [2.75, 3.05) is 5.32 Å². The third kappa shape index (κ3) is 3.97.